The first-order valence-electron chi connectivity index (χ1n) is 12.6. The van der Waals surface area contributed by atoms with E-state index in [-0.39, 0.29) is 12.1 Å². The Morgan fingerprint density at radius 2 is 1.90 bits per heavy atom. The zero-order valence-electron chi connectivity index (χ0n) is 21.8. The second kappa shape index (κ2) is 11.4. The Balaban J connectivity index is 1.50. The van der Waals surface area contributed by atoms with E-state index in [1.54, 1.807) is 19.2 Å². The van der Waals surface area contributed by atoms with Crippen molar-refractivity contribution >= 4 is 61.0 Å². The molecule has 0 radical (unpaired) electrons. The molecule has 1 fully saturated rings. The Hall–Kier alpha value is -3.14. The molecule has 1 saturated heterocycles. The summed E-state index contributed by atoms with van der Waals surface area (Å²) in [6, 6.07) is 9.64. The van der Waals surface area contributed by atoms with E-state index < -0.39 is 38.9 Å². The van der Waals surface area contributed by atoms with Crippen molar-refractivity contribution in [3.8, 4) is 11.1 Å². The van der Waals surface area contributed by atoms with Crippen LogP contribution in [0.5, 0.6) is 0 Å². The van der Waals surface area contributed by atoms with Crippen molar-refractivity contribution in [1.29, 1.82) is 0 Å². The Kier molecular flexibility index (Phi) is 8.08. The number of halogens is 3. The number of anilines is 2. The smallest absolute Gasteiger partial charge is 0.301 e. The summed E-state index contributed by atoms with van der Waals surface area (Å²) in [5.74, 6) is -3.34. The highest BCUT2D eigenvalue weighted by molar-refractivity contribution is 14.1. The van der Waals surface area contributed by atoms with E-state index in [0.717, 1.165) is 63.0 Å². The molecule has 40 heavy (non-hydrogen) atoms. The second-order valence-electron chi connectivity index (χ2n) is 9.36. The minimum Gasteiger partial charge on any atom is -0.368 e. The van der Waals surface area contributed by atoms with Crippen LogP contribution in [0, 0.1) is 15.2 Å². The summed E-state index contributed by atoms with van der Waals surface area (Å²) in [5.41, 5.74) is 1.76. The molecule has 4 aromatic rings. The number of hydrogen-bond acceptors (Lipinski definition) is 6. The number of nitrogens with zero attached hydrogens (tertiary/aromatic N) is 3. The summed E-state index contributed by atoms with van der Waals surface area (Å²) in [5, 5.41) is 3.73. The molecule has 13 heteroatoms. The highest BCUT2D eigenvalue weighted by Crippen LogP contribution is 2.32. The summed E-state index contributed by atoms with van der Waals surface area (Å²) in [6.07, 6.45) is 3.02. The van der Waals surface area contributed by atoms with Gasteiger partial charge in [0.2, 0.25) is 5.78 Å². The van der Waals surface area contributed by atoms with Gasteiger partial charge in [-0.2, -0.15) is 12.7 Å². The first-order valence-corrected chi connectivity index (χ1v) is 15.1. The Bertz CT molecular complexity index is 1710. The molecule has 1 aliphatic heterocycles. The third-order valence-corrected chi connectivity index (χ3v) is 9.35. The van der Waals surface area contributed by atoms with Gasteiger partial charge >= 0.3 is 10.2 Å². The molecule has 0 bridgehead atoms. The molecule has 0 amide bonds. The SMILES string of the molecule is CCN(C)S(=O)(=O)Nc1ccc(F)c(C(=O)c2c[nH]c3ncc(-c4ccc(N5CCNCC5)c(I)c4)cc23)c1F. The van der Waals surface area contributed by atoms with Crippen LogP contribution < -0.4 is 14.9 Å². The molecule has 0 saturated carbocycles. The average molecular weight is 681 g/mol. The van der Waals surface area contributed by atoms with Gasteiger partial charge in [0.05, 0.1) is 16.9 Å². The zero-order chi connectivity index (χ0) is 28.6. The standard InChI is InChI=1S/C27H27F2IN6O3S/c1-3-35(2)40(38,39)34-22-6-5-20(28)24(25(22)29)26(37)19-15-33-27-18(19)12-17(14-32-27)16-4-7-23(21(30)13-16)36-10-8-31-9-11-36/h4-7,12-15,31,34H,3,8-11H2,1-2H3,(H,32,33). The fourth-order valence-electron chi connectivity index (χ4n) is 4.56. The van der Waals surface area contributed by atoms with E-state index in [0.29, 0.717) is 11.0 Å². The van der Waals surface area contributed by atoms with E-state index in [9.17, 15) is 17.6 Å². The van der Waals surface area contributed by atoms with Crippen molar-refractivity contribution in [2.45, 2.75) is 6.92 Å². The number of fused-ring (bicyclic) bond motifs is 1. The van der Waals surface area contributed by atoms with Crippen LogP contribution >= 0.6 is 22.6 Å². The monoisotopic (exact) mass is 680 g/mol. The number of carbonyl (C=O) groups excluding carboxylic acids is 1. The lowest BCUT2D eigenvalue weighted by Crippen LogP contribution is -2.43. The average Bonchev–Trinajstić information content (AvgIpc) is 3.38. The number of H-pyrrole nitrogens is 1. The highest BCUT2D eigenvalue weighted by atomic mass is 127. The maximum Gasteiger partial charge on any atom is 0.301 e. The maximum atomic E-state index is 15.4. The second-order valence-corrected chi connectivity index (χ2v) is 12.3. The Morgan fingerprint density at radius 3 is 2.60 bits per heavy atom. The molecule has 2 aromatic heterocycles. The summed E-state index contributed by atoms with van der Waals surface area (Å²) in [4.78, 5) is 23.1. The molecular formula is C27H27F2IN6O3S. The van der Waals surface area contributed by atoms with Gasteiger partial charge in [0.25, 0.3) is 0 Å². The van der Waals surface area contributed by atoms with Crippen LogP contribution in [0.3, 0.4) is 0 Å². The highest BCUT2D eigenvalue weighted by Gasteiger charge is 2.27. The molecule has 210 valence electrons. The van der Waals surface area contributed by atoms with Gasteiger partial charge in [0, 0.05) is 72.2 Å². The van der Waals surface area contributed by atoms with Crippen LogP contribution in [0.15, 0.2) is 48.8 Å². The zero-order valence-corrected chi connectivity index (χ0v) is 24.7. The largest absolute Gasteiger partial charge is 0.368 e. The van der Waals surface area contributed by atoms with Crippen molar-refractivity contribution in [3.05, 3.63) is 75.1 Å². The summed E-state index contributed by atoms with van der Waals surface area (Å²) in [7, 11) is -2.78. The normalized spacial score (nSPS) is 14.2. The number of rotatable bonds is 8. The Labute approximate surface area is 244 Å². The van der Waals surface area contributed by atoms with E-state index in [1.807, 2.05) is 12.1 Å². The molecule has 1 aliphatic rings. The van der Waals surface area contributed by atoms with Gasteiger partial charge in [-0.15, -0.1) is 0 Å². The van der Waals surface area contributed by atoms with Crippen LogP contribution in [-0.2, 0) is 10.2 Å². The van der Waals surface area contributed by atoms with Gasteiger partial charge in [0.15, 0.2) is 5.82 Å². The lowest BCUT2D eigenvalue weighted by Gasteiger charge is -2.30. The lowest BCUT2D eigenvalue weighted by molar-refractivity contribution is 0.103. The van der Waals surface area contributed by atoms with Gasteiger partial charge in [-0.05, 0) is 58.5 Å². The van der Waals surface area contributed by atoms with E-state index >= 15 is 4.39 Å². The molecule has 0 aliphatic carbocycles. The third kappa shape index (κ3) is 5.42. The maximum absolute atomic E-state index is 15.4. The van der Waals surface area contributed by atoms with Crippen LogP contribution in [0.2, 0.25) is 0 Å². The fraction of sp³-hybridized carbons (Fsp3) is 0.259. The number of pyridine rings is 1. The van der Waals surface area contributed by atoms with Crippen LogP contribution in [0.1, 0.15) is 22.8 Å². The van der Waals surface area contributed by atoms with Crippen LogP contribution in [-0.4, -0.2) is 68.2 Å². The number of piperazine rings is 1. The minimum absolute atomic E-state index is 0.0139. The van der Waals surface area contributed by atoms with Crippen LogP contribution in [0.25, 0.3) is 22.2 Å². The fourth-order valence-corrected chi connectivity index (χ4v) is 6.35. The lowest BCUT2D eigenvalue weighted by atomic mass is 9.99. The van der Waals surface area contributed by atoms with Crippen LogP contribution in [0.4, 0.5) is 20.2 Å². The molecule has 9 nitrogen and oxygen atoms in total. The number of nitrogens with one attached hydrogen (secondary N) is 3. The van der Waals surface area contributed by atoms with Gasteiger partial charge in [0.1, 0.15) is 11.5 Å². The van der Waals surface area contributed by atoms with Crippen molar-refractivity contribution in [3.63, 3.8) is 0 Å². The van der Waals surface area contributed by atoms with Crippen molar-refractivity contribution in [2.24, 2.45) is 0 Å². The predicted octanol–water partition coefficient (Wildman–Crippen LogP) is 4.36. The number of aromatic nitrogens is 2. The molecular weight excluding hydrogens is 653 g/mol. The van der Waals surface area contributed by atoms with Crippen molar-refractivity contribution in [1.82, 2.24) is 19.6 Å². The number of hydrogen-bond donors (Lipinski definition) is 3. The summed E-state index contributed by atoms with van der Waals surface area (Å²) >= 11 is 2.30. The van der Waals surface area contributed by atoms with E-state index in [4.69, 9.17) is 0 Å². The number of carbonyl (C=O) groups is 1. The molecule has 3 heterocycles. The molecule has 2 aromatic carbocycles. The minimum atomic E-state index is -4.09. The Morgan fingerprint density at radius 1 is 1.15 bits per heavy atom. The quantitative estimate of drug-likeness (QED) is 0.189. The number of ketones is 1. The first-order chi connectivity index (χ1) is 19.1. The van der Waals surface area contributed by atoms with Gasteiger partial charge in [-0.25, -0.2) is 13.8 Å². The first kappa shape index (κ1) is 28.4. The third-order valence-electron chi connectivity index (χ3n) is 6.93. The van der Waals surface area contributed by atoms with Crippen molar-refractivity contribution in [2.75, 3.05) is 49.4 Å². The summed E-state index contributed by atoms with van der Waals surface area (Å²) in [6.45, 7) is 5.43. The van der Waals surface area contributed by atoms with Gasteiger partial charge in [-0.1, -0.05) is 13.0 Å². The molecule has 0 atom stereocenters. The molecule has 3 N–H and O–H groups in total. The molecule has 0 unspecified atom stereocenters. The van der Waals surface area contributed by atoms with E-state index in [2.05, 4.69) is 53.6 Å². The molecule has 5 rings (SSSR count). The van der Waals surface area contributed by atoms with Gasteiger partial charge < -0.3 is 15.2 Å². The molecule has 0 spiro atoms. The summed E-state index contributed by atoms with van der Waals surface area (Å²) < 4.78 is 59.2. The predicted molar refractivity (Wildman–Crippen MR) is 160 cm³/mol. The van der Waals surface area contributed by atoms with E-state index in [1.165, 1.54) is 13.2 Å². The van der Waals surface area contributed by atoms with Gasteiger partial charge in [-0.3, -0.25) is 9.52 Å². The number of benzene rings is 2. The number of aromatic amines is 1. The topological polar surface area (TPSA) is 110 Å². The van der Waals surface area contributed by atoms with Crippen molar-refractivity contribution < 1.29 is 22.0 Å².